The number of esters is 2. The van der Waals surface area contributed by atoms with Crippen molar-refractivity contribution < 1.29 is 52.6 Å². The fraction of sp³-hybridized carbons (Fsp3) is 0.705. The minimum atomic E-state index is -4.66. The van der Waals surface area contributed by atoms with E-state index in [4.69, 9.17) is 19.1 Å². The molecule has 0 radical (unpaired) electrons. The van der Waals surface area contributed by atoms with Crippen LogP contribution >= 0.6 is 7.82 Å². The largest absolute Gasteiger partial charge is 0.472 e. The van der Waals surface area contributed by atoms with Gasteiger partial charge in [-0.1, -0.05) is 133 Å². The van der Waals surface area contributed by atoms with Crippen LogP contribution in [0, 0.1) is 0 Å². The molecule has 56 heavy (non-hydrogen) atoms. The van der Waals surface area contributed by atoms with Crippen LogP contribution in [0.4, 0.5) is 0 Å². The second-order valence-corrected chi connectivity index (χ2v) is 15.5. The molecule has 0 aromatic rings. The summed E-state index contributed by atoms with van der Waals surface area (Å²) in [5.41, 5.74) is 0. The number of hydrogen-bond donors (Lipinski definition) is 3. The Balaban J connectivity index is 4.49. The highest BCUT2D eigenvalue weighted by molar-refractivity contribution is 7.47. The van der Waals surface area contributed by atoms with Gasteiger partial charge in [0, 0.05) is 19.3 Å². The SMILES string of the molecule is CCCCC/C=C\C=C\C(=O)CCCCCCCC(=O)OC[C@H](COP(=O)(O)OC[C@@H](O)CO)OC(=O)CCC/C=C\C/C=C\C/C=C\CCCCCCCC. The average molecular weight is 811 g/mol. The van der Waals surface area contributed by atoms with E-state index >= 15 is 0 Å². The van der Waals surface area contributed by atoms with E-state index in [0.29, 0.717) is 25.7 Å². The first kappa shape index (κ1) is 53.3. The number of aliphatic hydroxyl groups is 2. The zero-order valence-electron chi connectivity index (χ0n) is 34.6. The van der Waals surface area contributed by atoms with E-state index in [1.54, 1.807) is 12.2 Å². The Bertz CT molecular complexity index is 1180. The van der Waals surface area contributed by atoms with Gasteiger partial charge >= 0.3 is 19.8 Å². The molecule has 0 saturated heterocycles. The van der Waals surface area contributed by atoms with Gasteiger partial charge in [-0.2, -0.15) is 0 Å². The smallest absolute Gasteiger partial charge is 0.462 e. The zero-order valence-corrected chi connectivity index (χ0v) is 35.5. The summed E-state index contributed by atoms with van der Waals surface area (Å²) in [4.78, 5) is 46.9. The van der Waals surface area contributed by atoms with Crippen LogP contribution in [0.5, 0.6) is 0 Å². The van der Waals surface area contributed by atoms with Crippen molar-refractivity contribution in [3.8, 4) is 0 Å². The highest BCUT2D eigenvalue weighted by Gasteiger charge is 2.27. The van der Waals surface area contributed by atoms with Gasteiger partial charge in [0.15, 0.2) is 11.9 Å². The Kier molecular flexibility index (Phi) is 37.3. The first-order valence-corrected chi connectivity index (χ1v) is 22.7. The average Bonchev–Trinajstić information content (AvgIpc) is 3.18. The third-order valence-electron chi connectivity index (χ3n) is 8.62. The molecule has 0 aromatic heterocycles. The number of hydrogen-bond acceptors (Lipinski definition) is 10. The summed E-state index contributed by atoms with van der Waals surface area (Å²) >= 11 is 0. The van der Waals surface area contributed by atoms with Crippen LogP contribution in [0.15, 0.2) is 60.8 Å². The van der Waals surface area contributed by atoms with E-state index in [9.17, 15) is 28.9 Å². The molecule has 0 rings (SSSR count). The van der Waals surface area contributed by atoms with Gasteiger partial charge in [0.2, 0.25) is 0 Å². The number of carbonyl (C=O) groups is 3. The highest BCUT2D eigenvalue weighted by Crippen LogP contribution is 2.43. The van der Waals surface area contributed by atoms with Gasteiger partial charge in [0.05, 0.1) is 19.8 Å². The first-order chi connectivity index (χ1) is 27.1. The van der Waals surface area contributed by atoms with Crippen molar-refractivity contribution >= 4 is 25.5 Å². The van der Waals surface area contributed by atoms with Crippen molar-refractivity contribution in [1.82, 2.24) is 0 Å². The molecule has 12 heteroatoms. The van der Waals surface area contributed by atoms with Crippen molar-refractivity contribution in [2.75, 3.05) is 26.4 Å². The van der Waals surface area contributed by atoms with Crippen molar-refractivity contribution in [3.05, 3.63) is 60.8 Å². The predicted octanol–water partition coefficient (Wildman–Crippen LogP) is 10.3. The van der Waals surface area contributed by atoms with Gasteiger partial charge < -0.3 is 24.6 Å². The number of ketones is 1. The third kappa shape index (κ3) is 38.2. The Morgan fingerprint density at radius 1 is 0.589 bits per heavy atom. The molecule has 0 spiro atoms. The molecule has 0 amide bonds. The summed E-state index contributed by atoms with van der Waals surface area (Å²) in [6.07, 6.45) is 38.7. The number of phosphoric acid groups is 1. The van der Waals surface area contributed by atoms with Crippen molar-refractivity contribution in [2.45, 2.75) is 174 Å². The van der Waals surface area contributed by atoms with Gasteiger partial charge in [-0.05, 0) is 70.3 Å². The molecule has 0 aliphatic heterocycles. The van der Waals surface area contributed by atoms with E-state index in [1.165, 1.54) is 51.4 Å². The summed E-state index contributed by atoms with van der Waals surface area (Å²) in [6.45, 7) is 2.11. The Labute approximate surface area is 338 Å². The molecule has 3 atom stereocenters. The third-order valence-corrected chi connectivity index (χ3v) is 9.57. The molecule has 322 valence electrons. The van der Waals surface area contributed by atoms with Crippen molar-refractivity contribution in [1.29, 1.82) is 0 Å². The van der Waals surface area contributed by atoms with Gasteiger partial charge in [0.1, 0.15) is 12.7 Å². The molecule has 0 aliphatic carbocycles. The lowest BCUT2D eigenvalue weighted by Gasteiger charge is -2.20. The fourth-order valence-corrected chi connectivity index (χ4v) is 6.07. The Morgan fingerprint density at radius 2 is 1.11 bits per heavy atom. The molecule has 0 aliphatic rings. The summed E-state index contributed by atoms with van der Waals surface area (Å²) in [5.74, 6) is -0.981. The molecule has 3 N–H and O–H groups in total. The summed E-state index contributed by atoms with van der Waals surface area (Å²) in [6, 6.07) is 0. The summed E-state index contributed by atoms with van der Waals surface area (Å²) in [7, 11) is -4.66. The fourth-order valence-electron chi connectivity index (χ4n) is 5.28. The van der Waals surface area contributed by atoms with E-state index in [2.05, 4.69) is 48.8 Å². The molecule has 11 nitrogen and oxygen atoms in total. The Hall–Kier alpha value is -2.66. The van der Waals surface area contributed by atoms with Gasteiger partial charge in [-0.3, -0.25) is 23.4 Å². The van der Waals surface area contributed by atoms with E-state index in [-0.39, 0.29) is 25.2 Å². The van der Waals surface area contributed by atoms with Gasteiger partial charge in [0.25, 0.3) is 0 Å². The number of unbranched alkanes of at least 4 members (excludes halogenated alkanes) is 14. The number of aliphatic hydroxyl groups excluding tert-OH is 2. The zero-order chi connectivity index (χ0) is 41.4. The normalized spacial score (nSPS) is 14.4. The van der Waals surface area contributed by atoms with Gasteiger partial charge in [-0.25, -0.2) is 4.57 Å². The maximum Gasteiger partial charge on any atom is 0.472 e. The van der Waals surface area contributed by atoms with Crippen LogP contribution in [0.1, 0.15) is 162 Å². The van der Waals surface area contributed by atoms with Crippen LogP contribution in [0.2, 0.25) is 0 Å². The molecule has 1 unspecified atom stereocenters. The Morgan fingerprint density at radius 3 is 1.79 bits per heavy atom. The molecule has 0 saturated carbocycles. The van der Waals surface area contributed by atoms with E-state index in [1.807, 2.05) is 18.2 Å². The monoisotopic (exact) mass is 811 g/mol. The highest BCUT2D eigenvalue weighted by atomic mass is 31.2. The molecule has 0 heterocycles. The number of ether oxygens (including phenoxy) is 2. The number of carbonyl (C=O) groups excluding carboxylic acids is 3. The van der Waals surface area contributed by atoms with Gasteiger partial charge in [-0.15, -0.1) is 0 Å². The lowest BCUT2D eigenvalue weighted by Crippen LogP contribution is -2.29. The molecular weight excluding hydrogens is 735 g/mol. The maximum atomic E-state index is 12.6. The standard InChI is InChI=1S/C44H75O11P/c1-3-5-7-9-11-12-13-14-15-16-17-18-19-20-22-26-31-35-44(49)55-42(39-54-56(50,51)53-37-41(47)36-45)38-52-43(48)34-30-27-23-25-29-33-40(46)32-28-24-21-10-8-6-4-2/h14-15,17-18,20-22,24,28,32,41-42,45,47H,3-13,16,19,23,25-27,29-31,33-39H2,1-2H3,(H,50,51)/b15-14-,18-17-,22-20-,24-21-,32-28+/t41-,42+/m0/s1. The summed E-state index contributed by atoms with van der Waals surface area (Å²) in [5, 5.41) is 18.3. The van der Waals surface area contributed by atoms with Crippen LogP contribution in [0.25, 0.3) is 0 Å². The summed E-state index contributed by atoms with van der Waals surface area (Å²) < 4.78 is 32.5. The minimum absolute atomic E-state index is 0.0854. The maximum absolute atomic E-state index is 12.6. The molecule has 0 aromatic carbocycles. The van der Waals surface area contributed by atoms with Crippen molar-refractivity contribution in [3.63, 3.8) is 0 Å². The second kappa shape index (κ2) is 39.2. The lowest BCUT2D eigenvalue weighted by atomic mass is 10.1. The molecule has 0 bridgehead atoms. The quantitative estimate of drug-likeness (QED) is 0.0135. The van der Waals surface area contributed by atoms with Crippen molar-refractivity contribution in [2.24, 2.45) is 0 Å². The molecular formula is C44H75O11P. The van der Waals surface area contributed by atoms with E-state index in [0.717, 1.165) is 57.8 Å². The second-order valence-electron chi connectivity index (χ2n) is 14.0. The van der Waals surface area contributed by atoms with Crippen LogP contribution in [-0.4, -0.2) is 71.5 Å². The number of rotatable bonds is 39. The van der Waals surface area contributed by atoms with Crippen LogP contribution in [-0.2, 0) is 37.5 Å². The van der Waals surface area contributed by atoms with E-state index < -0.39 is 51.8 Å². The topological polar surface area (TPSA) is 166 Å². The molecule has 0 fully saturated rings. The first-order valence-electron chi connectivity index (χ1n) is 21.2. The van der Waals surface area contributed by atoms with Crippen LogP contribution in [0.3, 0.4) is 0 Å². The number of phosphoric ester groups is 1. The minimum Gasteiger partial charge on any atom is -0.462 e. The van der Waals surface area contributed by atoms with Crippen LogP contribution < -0.4 is 0 Å². The lowest BCUT2D eigenvalue weighted by molar-refractivity contribution is -0.161. The predicted molar refractivity (Wildman–Crippen MR) is 224 cm³/mol. The number of allylic oxidation sites excluding steroid dienone is 10.